The zero-order valence-corrected chi connectivity index (χ0v) is 14.8. The van der Waals surface area contributed by atoms with Gasteiger partial charge in [-0.2, -0.15) is 0 Å². The number of carbonyl (C=O) groups excluding carboxylic acids is 1. The lowest BCUT2D eigenvalue weighted by atomic mass is 9.99. The van der Waals surface area contributed by atoms with E-state index >= 15 is 0 Å². The van der Waals surface area contributed by atoms with Crippen molar-refractivity contribution >= 4 is 38.7 Å². The summed E-state index contributed by atoms with van der Waals surface area (Å²) in [5, 5.41) is 12.9. The Bertz CT molecular complexity index is 711. The lowest BCUT2D eigenvalue weighted by molar-refractivity contribution is -0.143. The van der Waals surface area contributed by atoms with Crippen LogP contribution in [0.3, 0.4) is 0 Å². The Morgan fingerprint density at radius 1 is 1.35 bits per heavy atom. The van der Waals surface area contributed by atoms with Gasteiger partial charge >= 0.3 is 5.97 Å². The summed E-state index contributed by atoms with van der Waals surface area (Å²) in [7, 11) is 0. The van der Waals surface area contributed by atoms with Gasteiger partial charge in [0.15, 0.2) is 0 Å². The van der Waals surface area contributed by atoms with E-state index < -0.39 is 12.0 Å². The molecule has 23 heavy (non-hydrogen) atoms. The van der Waals surface area contributed by atoms with Gasteiger partial charge in [0.25, 0.3) is 0 Å². The normalized spacial score (nSPS) is 13.7. The number of hydrogen-bond donors (Lipinski definition) is 2. The number of carbonyl (C=O) groups is 2. The molecule has 0 saturated carbocycles. The second kappa shape index (κ2) is 7.64. The quantitative estimate of drug-likeness (QED) is 0.772. The molecule has 0 aliphatic carbocycles. The van der Waals surface area contributed by atoms with E-state index in [1.165, 1.54) is 0 Å². The molecular formula is C17H21BrN2O3. The van der Waals surface area contributed by atoms with E-state index in [1.807, 2.05) is 48.9 Å². The second-order valence-corrected chi connectivity index (χ2v) is 6.56. The molecule has 5 nitrogen and oxygen atoms in total. The van der Waals surface area contributed by atoms with Gasteiger partial charge in [0.05, 0.1) is 0 Å². The third-order valence-corrected chi connectivity index (χ3v) is 4.83. The Morgan fingerprint density at radius 2 is 2.09 bits per heavy atom. The largest absolute Gasteiger partial charge is 0.480 e. The Hall–Kier alpha value is -1.82. The zero-order valence-electron chi connectivity index (χ0n) is 13.3. The molecule has 0 saturated heterocycles. The summed E-state index contributed by atoms with van der Waals surface area (Å²) in [4.78, 5) is 23.3. The minimum Gasteiger partial charge on any atom is -0.480 e. The average Bonchev–Trinajstić information content (AvgIpc) is 2.94. The van der Waals surface area contributed by atoms with E-state index in [-0.39, 0.29) is 18.2 Å². The zero-order chi connectivity index (χ0) is 17.0. The molecule has 1 aromatic heterocycles. The maximum Gasteiger partial charge on any atom is 0.326 e. The third kappa shape index (κ3) is 4.13. The predicted molar refractivity (Wildman–Crippen MR) is 93.3 cm³/mol. The lowest BCUT2D eigenvalue weighted by Crippen LogP contribution is -2.45. The monoisotopic (exact) mass is 380 g/mol. The number of fused-ring (bicyclic) bond motifs is 1. The van der Waals surface area contributed by atoms with Crippen LogP contribution in [0.2, 0.25) is 0 Å². The first-order valence-electron chi connectivity index (χ1n) is 7.69. The minimum atomic E-state index is -0.983. The summed E-state index contributed by atoms with van der Waals surface area (Å²) < 4.78 is 3.01. The van der Waals surface area contributed by atoms with Crippen molar-refractivity contribution in [3.8, 4) is 0 Å². The minimum absolute atomic E-state index is 0.0974. The van der Waals surface area contributed by atoms with Gasteiger partial charge in [0.1, 0.15) is 6.04 Å². The Kier molecular flexibility index (Phi) is 5.82. The number of benzene rings is 1. The summed E-state index contributed by atoms with van der Waals surface area (Å²) in [5.74, 6) is -1.32. The third-order valence-electron chi connectivity index (χ3n) is 4.14. The van der Waals surface area contributed by atoms with Crippen molar-refractivity contribution in [1.82, 2.24) is 9.88 Å². The molecule has 1 amide bonds. The highest BCUT2D eigenvalue weighted by Crippen LogP contribution is 2.24. The summed E-state index contributed by atoms with van der Waals surface area (Å²) >= 11 is 3.50. The van der Waals surface area contributed by atoms with Crippen LogP contribution in [0.25, 0.3) is 10.9 Å². The van der Waals surface area contributed by atoms with Crippen molar-refractivity contribution in [2.75, 3.05) is 0 Å². The molecule has 0 aliphatic heterocycles. The number of carboxylic acids is 1. The molecule has 1 heterocycles. The molecule has 0 aliphatic rings. The number of hydrogen-bond acceptors (Lipinski definition) is 2. The molecule has 0 fully saturated rings. The lowest BCUT2D eigenvalue weighted by Gasteiger charge is -2.20. The fourth-order valence-electron chi connectivity index (χ4n) is 2.53. The van der Waals surface area contributed by atoms with Gasteiger partial charge in [-0.3, -0.25) is 4.79 Å². The van der Waals surface area contributed by atoms with Crippen molar-refractivity contribution in [3.63, 3.8) is 0 Å². The highest BCUT2D eigenvalue weighted by Gasteiger charge is 2.25. The van der Waals surface area contributed by atoms with Gasteiger partial charge in [-0.05, 0) is 24.1 Å². The van der Waals surface area contributed by atoms with E-state index in [9.17, 15) is 14.7 Å². The van der Waals surface area contributed by atoms with E-state index in [4.69, 9.17) is 0 Å². The first-order valence-corrected chi connectivity index (χ1v) is 8.48. The molecule has 124 valence electrons. The fourth-order valence-corrected chi connectivity index (χ4v) is 3.02. The molecule has 0 spiro atoms. The van der Waals surface area contributed by atoms with Crippen LogP contribution in [0.1, 0.15) is 26.7 Å². The maximum absolute atomic E-state index is 12.1. The van der Waals surface area contributed by atoms with Gasteiger partial charge in [-0.1, -0.05) is 42.3 Å². The maximum atomic E-state index is 12.1. The molecule has 0 radical (unpaired) electrons. The SMILES string of the molecule is CC[C@H](C)[C@@H](NC(=O)CCn1ccc2c(Br)cccc21)C(=O)O. The first kappa shape index (κ1) is 17.5. The Morgan fingerprint density at radius 3 is 2.74 bits per heavy atom. The number of carboxylic acid groups (broad SMARTS) is 1. The van der Waals surface area contributed by atoms with E-state index in [2.05, 4.69) is 21.2 Å². The number of aliphatic carboxylic acids is 1. The first-order chi connectivity index (χ1) is 10.9. The van der Waals surface area contributed by atoms with E-state index in [0.717, 1.165) is 15.4 Å². The Labute approximate surface area is 143 Å². The topological polar surface area (TPSA) is 71.3 Å². The van der Waals surface area contributed by atoms with Crippen LogP contribution in [-0.2, 0) is 16.1 Å². The standard InChI is InChI=1S/C17H21BrN2O3/c1-3-11(2)16(17(22)23)19-15(21)8-10-20-9-7-12-13(18)5-4-6-14(12)20/h4-7,9,11,16H,3,8,10H2,1-2H3,(H,19,21)(H,22,23)/t11-,16+/m0/s1. The van der Waals surface area contributed by atoms with Crippen molar-refractivity contribution in [2.45, 2.75) is 39.3 Å². The number of aryl methyl sites for hydroxylation is 1. The number of aromatic nitrogens is 1. The van der Waals surface area contributed by atoms with Gasteiger partial charge in [0, 0.05) is 34.5 Å². The van der Waals surface area contributed by atoms with Gasteiger partial charge in [-0.25, -0.2) is 4.79 Å². The smallest absolute Gasteiger partial charge is 0.326 e. The molecule has 2 aromatic rings. The molecule has 0 bridgehead atoms. The number of nitrogens with zero attached hydrogens (tertiary/aromatic N) is 1. The van der Waals surface area contributed by atoms with Crippen LogP contribution in [0.15, 0.2) is 34.9 Å². The predicted octanol–water partition coefficient (Wildman–Crippen LogP) is 3.41. The number of nitrogens with one attached hydrogen (secondary N) is 1. The Balaban J connectivity index is 2.00. The molecule has 1 aromatic carbocycles. The summed E-state index contributed by atoms with van der Waals surface area (Å²) in [6, 6.07) is 7.09. The van der Waals surface area contributed by atoms with Crippen LogP contribution in [0, 0.1) is 5.92 Å². The highest BCUT2D eigenvalue weighted by atomic mass is 79.9. The van der Waals surface area contributed by atoms with Gasteiger partial charge in [0.2, 0.25) is 5.91 Å². The summed E-state index contributed by atoms with van der Waals surface area (Å²) in [5.41, 5.74) is 1.05. The van der Waals surface area contributed by atoms with Crippen molar-refractivity contribution in [3.05, 3.63) is 34.9 Å². The van der Waals surface area contributed by atoms with Crippen LogP contribution in [-0.4, -0.2) is 27.6 Å². The summed E-state index contributed by atoms with van der Waals surface area (Å²) in [6.45, 7) is 4.26. The molecule has 0 unspecified atom stereocenters. The van der Waals surface area contributed by atoms with Crippen molar-refractivity contribution in [1.29, 1.82) is 0 Å². The number of amides is 1. The summed E-state index contributed by atoms with van der Waals surface area (Å²) in [6.07, 6.45) is 2.88. The molecule has 2 atom stereocenters. The fraction of sp³-hybridized carbons (Fsp3) is 0.412. The molecule has 2 N–H and O–H groups in total. The number of rotatable bonds is 7. The van der Waals surface area contributed by atoms with E-state index in [1.54, 1.807) is 0 Å². The second-order valence-electron chi connectivity index (χ2n) is 5.70. The van der Waals surface area contributed by atoms with Crippen LogP contribution in [0.4, 0.5) is 0 Å². The van der Waals surface area contributed by atoms with Crippen molar-refractivity contribution < 1.29 is 14.7 Å². The highest BCUT2D eigenvalue weighted by molar-refractivity contribution is 9.10. The molecular weight excluding hydrogens is 360 g/mol. The van der Waals surface area contributed by atoms with Gasteiger partial charge < -0.3 is 15.0 Å². The molecule has 6 heteroatoms. The van der Waals surface area contributed by atoms with E-state index in [0.29, 0.717) is 13.0 Å². The van der Waals surface area contributed by atoms with Crippen LogP contribution >= 0.6 is 15.9 Å². The van der Waals surface area contributed by atoms with Gasteiger partial charge in [-0.15, -0.1) is 0 Å². The average molecular weight is 381 g/mol. The molecule has 2 rings (SSSR count). The number of halogens is 1. The van der Waals surface area contributed by atoms with Crippen molar-refractivity contribution in [2.24, 2.45) is 5.92 Å². The van der Waals surface area contributed by atoms with Crippen LogP contribution in [0.5, 0.6) is 0 Å². The van der Waals surface area contributed by atoms with Crippen LogP contribution < -0.4 is 5.32 Å².